The summed E-state index contributed by atoms with van der Waals surface area (Å²) in [4.78, 5) is 0. The van der Waals surface area contributed by atoms with E-state index in [-0.39, 0.29) is 0 Å². The van der Waals surface area contributed by atoms with Crippen LogP contribution in [0.3, 0.4) is 0 Å². The number of aromatic nitrogens is 1. The van der Waals surface area contributed by atoms with E-state index < -0.39 is 0 Å². The Kier molecular flexibility index (Phi) is 3.47. The van der Waals surface area contributed by atoms with Crippen molar-refractivity contribution in [3.05, 3.63) is 90.0 Å². The molecule has 2 heterocycles. The van der Waals surface area contributed by atoms with Crippen LogP contribution in [0.1, 0.15) is 11.1 Å². The Hall–Kier alpha value is -4.12. The smallest absolute Gasteiger partial charge is 0.101 e. The number of nitriles is 2. The molecule has 4 aromatic carbocycles. The van der Waals surface area contributed by atoms with Crippen LogP contribution in [0.25, 0.3) is 47.7 Å². The van der Waals surface area contributed by atoms with Gasteiger partial charge in [0.1, 0.15) is 12.1 Å². The summed E-state index contributed by atoms with van der Waals surface area (Å²) in [5.74, 6) is 0. The molecule has 0 bridgehead atoms. The predicted molar refractivity (Wildman–Crippen MR) is 123 cm³/mol. The molecule has 0 spiro atoms. The number of benzene rings is 4. The van der Waals surface area contributed by atoms with E-state index >= 15 is 0 Å². The Morgan fingerprint density at radius 3 is 2.07 bits per heavy atom. The molecule has 0 saturated carbocycles. The average Bonchev–Trinajstić information content (AvgIpc) is 3.33. The van der Waals surface area contributed by atoms with Crippen molar-refractivity contribution in [2.24, 2.45) is 0 Å². The summed E-state index contributed by atoms with van der Waals surface area (Å²) in [5.41, 5.74) is 3.63. The van der Waals surface area contributed by atoms with Crippen molar-refractivity contribution in [2.75, 3.05) is 0 Å². The van der Waals surface area contributed by atoms with Crippen molar-refractivity contribution in [3.8, 4) is 17.8 Å². The zero-order valence-corrected chi connectivity index (χ0v) is 16.6. The molecule has 0 fully saturated rings. The molecule has 0 aliphatic carbocycles. The lowest BCUT2D eigenvalue weighted by atomic mass is 10.1. The van der Waals surface area contributed by atoms with Crippen molar-refractivity contribution >= 4 is 53.3 Å². The minimum Gasteiger partial charge on any atom is -0.307 e. The third kappa shape index (κ3) is 2.12. The molecule has 0 atom stereocenters. The maximum atomic E-state index is 9.79. The van der Waals surface area contributed by atoms with Gasteiger partial charge in [0.25, 0.3) is 0 Å². The summed E-state index contributed by atoms with van der Waals surface area (Å²) in [6.45, 7) is 0. The van der Waals surface area contributed by atoms with Gasteiger partial charge in [-0.3, -0.25) is 0 Å². The Morgan fingerprint density at radius 1 is 0.600 bits per heavy atom. The van der Waals surface area contributed by atoms with Gasteiger partial charge in [0.05, 0.1) is 27.8 Å². The van der Waals surface area contributed by atoms with Crippen LogP contribution in [0.4, 0.5) is 0 Å². The van der Waals surface area contributed by atoms with Crippen molar-refractivity contribution in [3.63, 3.8) is 0 Å². The van der Waals surface area contributed by atoms with Crippen LogP contribution in [0.2, 0.25) is 0 Å². The molecule has 0 aliphatic rings. The Bertz CT molecular complexity index is 1690. The van der Waals surface area contributed by atoms with E-state index in [2.05, 4.69) is 65.2 Å². The third-order valence-electron chi connectivity index (χ3n) is 5.68. The van der Waals surface area contributed by atoms with E-state index in [0.717, 1.165) is 21.8 Å². The van der Waals surface area contributed by atoms with E-state index in [9.17, 15) is 10.5 Å². The Balaban J connectivity index is 1.92. The minimum absolute atomic E-state index is 0.493. The average molecular weight is 399 g/mol. The molecule has 0 aliphatic heterocycles. The van der Waals surface area contributed by atoms with E-state index in [1.54, 1.807) is 29.5 Å². The van der Waals surface area contributed by atoms with Crippen molar-refractivity contribution in [2.45, 2.75) is 0 Å². The maximum absolute atomic E-state index is 9.79. The van der Waals surface area contributed by atoms with Gasteiger partial charge in [0, 0.05) is 30.9 Å². The SMILES string of the molecule is N#Cc1cccc(C#N)c1-n1c2ccccc2c2c3c(ccc21)sc1ccccc13. The number of nitrogens with zero attached hydrogens (tertiary/aromatic N) is 3. The topological polar surface area (TPSA) is 52.5 Å². The first-order chi connectivity index (χ1) is 14.8. The first-order valence-corrected chi connectivity index (χ1v) is 10.4. The summed E-state index contributed by atoms with van der Waals surface area (Å²) in [6.07, 6.45) is 0. The first kappa shape index (κ1) is 16.8. The highest BCUT2D eigenvalue weighted by molar-refractivity contribution is 7.26. The quantitative estimate of drug-likeness (QED) is 0.302. The lowest BCUT2D eigenvalue weighted by molar-refractivity contribution is 1.16. The second kappa shape index (κ2) is 6.19. The summed E-state index contributed by atoms with van der Waals surface area (Å²) in [6, 6.07) is 30.8. The monoisotopic (exact) mass is 399 g/mol. The lowest BCUT2D eigenvalue weighted by Crippen LogP contribution is -2.00. The highest BCUT2D eigenvalue weighted by atomic mass is 32.1. The van der Waals surface area contributed by atoms with E-state index in [0.29, 0.717) is 16.8 Å². The lowest BCUT2D eigenvalue weighted by Gasteiger charge is -2.11. The van der Waals surface area contributed by atoms with Crippen LogP contribution >= 0.6 is 11.3 Å². The molecule has 2 aromatic heterocycles. The van der Waals surface area contributed by atoms with Gasteiger partial charge in [-0.2, -0.15) is 10.5 Å². The van der Waals surface area contributed by atoms with Gasteiger partial charge >= 0.3 is 0 Å². The van der Waals surface area contributed by atoms with Gasteiger partial charge in [-0.1, -0.05) is 42.5 Å². The molecule has 6 aromatic rings. The highest BCUT2D eigenvalue weighted by Crippen LogP contribution is 2.43. The number of hydrogen-bond donors (Lipinski definition) is 0. The molecule has 0 radical (unpaired) electrons. The van der Waals surface area contributed by atoms with Gasteiger partial charge in [-0.15, -0.1) is 11.3 Å². The molecular weight excluding hydrogens is 386 g/mol. The highest BCUT2D eigenvalue weighted by Gasteiger charge is 2.20. The summed E-state index contributed by atoms with van der Waals surface area (Å²) < 4.78 is 4.57. The Labute approximate surface area is 176 Å². The van der Waals surface area contributed by atoms with Crippen molar-refractivity contribution in [1.82, 2.24) is 4.57 Å². The molecule has 0 saturated heterocycles. The summed E-state index contributed by atoms with van der Waals surface area (Å²) in [7, 11) is 0. The number of rotatable bonds is 1. The predicted octanol–water partition coefficient (Wildman–Crippen LogP) is 6.89. The maximum Gasteiger partial charge on any atom is 0.101 e. The van der Waals surface area contributed by atoms with Gasteiger partial charge in [0.15, 0.2) is 0 Å². The number of thiophene rings is 1. The van der Waals surface area contributed by atoms with E-state index in [4.69, 9.17) is 0 Å². The molecule has 0 unspecified atom stereocenters. The second-order valence-corrected chi connectivity index (χ2v) is 8.29. The number of hydrogen-bond acceptors (Lipinski definition) is 3. The molecule has 138 valence electrons. The molecule has 0 N–H and O–H groups in total. The van der Waals surface area contributed by atoms with E-state index in [1.807, 2.05) is 12.1 Å². The second-order valence-electron chi connectivity index (χ2n) is 7.21. The van der Waals surface area contributed by atoms with Crippen LogP contribution in [0.15, 0.2) is 78.9 Å². The van der Waals surface area contributed by atoms with E-state index in [1.165, 1.54) is 20.2 Å². The fourth-order valence-electron chi connectivity index (χ4n) is 4.48. The van der Waals surface area contributed by atoms with Crippen LogP contribution < -0.4 is 0 Å². The van der Waals surface area contributed by atoms with Gasteiger partial charge in [-0.25, -0.2) is 0 Å². The van der Waals surface area contributed by atoms with Crippen LogP contribution in [0.5, 0.6) is 0 Å². The molecule has 0 amide bonds. The van der Waals surface area contributed by atoms with Crippen molar-refractivity contribution < 1.29 is 0 Å². The first-order valence-electron chi connectivity index (χ1n) is 9.59. The van der Waals surface area contributed by atoms with Crippen LogP contribution in [-0.4, -0.2) is 4.57 Å². The standard InChI is InChI=1S/C26H13N3S/c27-14-16-6-5-7-17(15-28)26(16)29-20-10-3-1-8-18(20)24-21(29)12-13-23-25(24)19-9-2-4-11-22(19)30-23/h1-13H. The normalized spacial score (nSPS) is 11.3. The zero-order valence-electron chi connectivity index (χ0n) is 15.8. The fourth-order valence-corrected chi connectivity index (χ4v) is 5.59. The number of para-hydroxylation sites is 2. The fraction of sp³-hybridized carbons (Fsp3) is 0. The molecule has 3 nitrogen and oxygen atoms in total. The Morgan fingerprint density at radius 2 is 1.30 bits per heavy atom. The third-order valence-corrected chi connectivity index (χ3v) is 6.81. The molecule has 30 heavy (non-hydrogen) atoms. The molecule has 6 rings (SSSR count). The zero-order chi connectivity index (χ0) is 20.2. The minimum atomic E-state index is 0.493. The number of fused-ring (bicyclic) bond motifs is 7. The molecular formula is C26H13N3S. The van der Waals surface area contributed by atoms with Crippen molar-refractivity contribution in [1.29, 1.82) is 10.5 Å². The van der Waals surface area contributed by atoms with Gasteiger partial charge in [0.2, 0.25) is 0 Å². The van der Waals surface area contributed by atoms with Gasteiger partial charge in [-0.05, 0) is 36.4 Å². The summed E-state index contributed by atoms with van der Waals surface area (Å²) in [5, 5.41) is 24.3. The van der Waals surface area contributed by atoms with Crippen LogP contribution in [0, 0.1) is 22.7 Å². The molecule has 4 heteroatoms. The van der Waals surface area contributed by atoms with Crippen LogP contribution in [-0.2, 0) is 0 Å². The van der Waals surface area contributed by atoms with Gasteiger partial charge < -0.3 is 4.57 Å². The summed E-state index contributed by atoms with van der Waals surface area (Å²) >= 11 is 1.79. The largest absolute Gasteiger partial charge is 0.307 e.